The fourth-order valence-electron chi connectivity index (χ4n) is 1.08. The molecule has 3 nitrogen and oxygen atoms in total. The first kappa shape index (κ1) is 12.2. The normalized spacial score (nSPS) is 13.5. The van der Waals surface area contributed by atoms with Crippen LogP contribution >= 0.6 is 0 Å². The summed E-state index contributed by atoms with van der Waals surface area (Å²) in [6, 6.07) is -0.0111. The second-order valence-electron chi connectivity index (χ2n) is 4.14. The van der Waals surface area contributed by atoms with Crippen molar-refractivity contribution in [2.75, 3.05) is 6.61 Å². The minimum absolute atomic E-state index is 0.0111. The summed E-state index contributed by atoms with van der Waals surface area (Å²) in [5.41, 5.74) is -0.0403. The highest BCUT2D eigenvalue weighted by Gasteiger charge is 2.24. The molecule has 0 aromatic carbocycles. The summed E-state index contributed by atoms with van der Waals surface area (Å²) >= 11 is 0. The fraction of sp³-hybridized carbons (Fsp3) is 0.700. The molecular weight excluding hydrogens is 166 g/mol. The van der Waals surface area contributed by atoms with Crippen LogP contribution < -0.4 is 5.32 Å². The van der Waals surface area contributed by atoms with Crippen molar-refractivity contribution in [1.29, 1.82) is 0 Å². The number of aliphatic hydroxyl groups excluding tert-OH is 1. The van der Waals surface area contributed by atoms with E-state index in [2.05, 4.69) is 11.9 Å². The third kappa shape index (κ3) is 4.68. The Morgan fingerprint density at radius 3 is 2.46 bits per heavy atom. The molecule has 0 saturated heterocycles. The van der Waals surface area contributed by atoms with Crippen molar-refractivity contribution in [2.24, 2.45) is 5.41 Å². The molecule has 0 aromatic heterocycles. The van der Waals surface area contributed by atoms with Gasteiger partial charge >= 0.3 is 0 Å². The van der Waals surface area contributed by atoms with Crippen LogP contribution in [0.4, 0.5) is 0 Å². The lowest BCUT2D eigenvalue weighted by atomic mass is 9.85. The molecule has 0 aromatic rings. The maximum Gasteiger partial charge on any atom is 0.243 e. The summed E-state index contributed by atoms with van der Waals surface area (Å²) < 4.78 is 0. The monoisotopic (exact) mass is 185 g/mol. The number of rotatable bonds is 4. The fourth-order valence-corrected chi connectivity index (χ4v) is 1.08. The van der Waals surface area contributed by atoms with Gasteiger partial charge in [-0.15, -0.1) is 0 Å². The van der Waals surface area contributed by atoms with Gasteiger partial charge in [0.25, 0.3) is 0 Å². The Kier molecular flexibility index (Phi) is 4.70. The van der Waals surface area contributed by atoms with E-state index in [9.17, 15) is 4.79 Å². The number of nitrogens with one attached hydrogen (secondary N) is 1. The molecule has 0 aliphatic heterocycles. The number of hydrogen-bond donors (Lipinski definition) is 2. The zero-order chi connectivity index (χ0) is 10.5. The van der Waals surface area contributed by atoms with Crippen LogP contribution in [-0.4, -0.2) is 23.7 Å². The number of carbonyl (C=O) groups excluding carboxylic acids is 1. The number of aliphatic hydroxyl groups is 1. The summed E-state index contributed by atoms with van der Waals surface area (Å²) in [6.07, 6.45) is 1.82. The van der Waals surface area contributed by atoms with Crippen LogP contribution in [0.25, 0.3) is 0 Å². The summed E-state index contributed by atoms with van der Waals surface area (Å²) in [7, 11) is 0. The molecule has 0 aliphatic carbocycles. The first-order chi connectivity index (χ1) is 5.91. The molecule has 2 N–H and O–H groups in total. The van der Waals surface area contributed by atoms with E-state index in [0.29, 0.717) is 6.42 Å². The molecule has 0 bridgehead atoms. The van der Waals surface area contributed by atoms with Gasteiger partial charge in [-0.2, -0.15) is 0 Å². The van der Waals surface area contributed by atoms with Crippen molar-refractivity contribution in [2.45, 2.75) is 33.2 Å². The molecule has 1 atom stereocenters. The molecule has 0 spiro atoms. The smallest absolute Gasteiger partial charge is 0.243 e. The highest BCUT2D eigenvalue weighted by molar-refractivity contribution is 5.87. The van der Waals surface area contributed by atoms with E-state index in [1.165, 1.54) is 6.08 Å². The predicted molar refractivity (Wildman–Crippen MR) is 53.3 cm³/mol. The first-order valence-corrected chi connectivity index (χ1v) is 4.45. The Balaban J connectivity index is 4.26. The van der Waals surface area contributed by atoms with Gasteiger partial charge in [-0.05, 0) is 17.9 Å². The van der Waals surface area contributed by atoms with Crippen molar-refractivity contribution in [3.8, 4) is 0 Å². The Hall–Kier alpha value is -0.830. The molecule has 76 valence electrons. The van der Waals surface area contributed by atoms with E-state index in [1.807, 2.05) is 20.8 Å². The van der Waals surface area contributed by atoms with Gasteiger partial charge in [0, 0.05) is 12.6 Å². The van der Waals surface area contributed by atoms with Crippen molar-refractivity contribution in [3.63, 3.8) is 0 Å². The van der Waals surface area contributed by atoms with Gasteiger partial charge in [0.1, 0.15) is 0 Å². The second kappa shape index (κ2) is 5.02. The minimum Gasteiger partial charge on any atom is -0.396 e. The van der Waals surface area contributed by atoms with E-state index >= 15 is 0 Å². The molecule has 13 heavy (non-hydrogen) atoms. The highest BCUT2D eigenvalue weighted by Crippen LogP contribution is 2.21. The maximum atomic E-state index is 11.0. The lowest BCUT2D eigenvalue weighted by molar-refractivity contribution is -0.118. The summed E-state index contributed by atoms with van der Waals surface area (Å²) in [5.74, 6) is -0.187. The molecular formula is C10H19NO2. The molecule has 0 saturated carbocycles. The predicted octanol–water partition coefficient (Wildman–Crippen LogP) is 1.09. The van der Waals surface area contributed by atoms with Crippen LogP contribution in [0, 0.1) is 5.41 Å². The average molecular weight is 185 g/mol. The van der Waals surface area contributed by atoms with Crippen LogP contribution in [0.3, 0.4) is 0 Å². The van der Waals surface area contributed by atoms with Crippen LogP contribution in [0.5, 0.6) is 0 Å². The highest BCUT2D eigenvalue weighted by atomic mass is 16.3. The lowest BCUT2D eigenvalue weighted by Gasteiger charge is -2.30. The zero-order valence-corrected chi connectivity index (χ0v) is 8.63. The molecule has 0 heterocycles. The zero-order valence-electron chi connectivity index (χ0n) is 8.63. The van der Waals surface area contributed by atoms with E-state index in [4.69, 9.17) is 5.11 Å². The van der Waals surface area contributed by atoms with Crippen molar-refractivity contribution < 1.29 is 9.90 Å². The first-order valence-electron chi connectivity index (χ1n) is 4.45. The summed E-state index contributed by atoms with van der Waals surface area (Å²) in [6.45, 7) is 9.54. The lowest BCUT2D eigenvalue weighted by Crippen LogP contribution is -2.43. The summed E-state index contributed by atoms with van der Waals surface area (Å²) in [5, 5.41) is 11.6. The molecule has 0 aliphatic rings. The van der Waals surface area contributed by atoms with Gasteiger partial charge in [-0.25, -0.2) is 0 Å². The Bertz CT molecular complexity index is 182. The maximum absolute atomic E-state index is 11.0. The van der Waals surface area contributed by atoms with Crippen molar-refractivity contribution in [3.05, 3.63) is 12.7 Å². The van der Waals surface area contributed by atoms with Gasteiger partial charge in [-0.1, -0.05) is 27.4 Å². The van der Waals surface area contributed by atoms with Gasteiger partial charge in [-0.3, -0.25) is 4.79 Å². The van der Waals surface area contributed by atoms with E-state index < -0.39 is 0 Å². The van der Waals surface area contributed by atoms with Crippen LogP contribution in [0.1, 0.15) is 27.2 Å². The van der Waals surface area contributed by atoms with E-state index in [1.54, 1.807) is 0 Å². The van der Waals surface area contributed by atoms with E-state index in [0.717, 1.165) is 0 Å². The van der Waals surface area contributed by atoms with Gasteiger partial charge in [0.15, 0.2) is 0 Å². The Morgan fingerprint density at radius 2 is 2.15 bits per heavy atom. The average Bonchev–Trinajstić information content (AvgIpc) is 2.01. The Labute approximate surface area is 79.8 Å². The SMILES string of the molecule is C=CC(=O)NC(CCO)C(C)(C)C. The van der Waals surface area contributed by atoms with Gasteiger partial charge < -0.3 is 10.4 Å². The second-order valence-corrected chi connectivity index (χ2v) is 4.14. The van der Waals surface area contributed by atoms with Crippen molar-refractivity contribution in [1.82, 2.24) is 5.32 Å². The van der Waals surface area contributed by atoms with Crippen molar-refractivity contribution >= 4 is 5.91 Å². The molecule has 1 unspecified atom stereocenters. The standard InChI is InChI=1S/C10H19NO2/c1-5-9(13)11-8(6-7-12)10(2,3)4/h5,8,12H,1,6-7H2,2-4H3,(H,11,13). The number of carbonyl (C=O) groups is 1. The molecule has 0 fully saturated rings. The molecule has 0 rings (SSSR count). The number of amides is 1. The van der Waals surface area contributed by atoms with Gasteiger partial charge in [0.2, 0.25) is 5.91 Å². The quantitative estimate of drug-likeness (QED) is 0.644. The van der Waals surface area contributed by atoms with Crippen LogP contribution in [-0.2, 0) is 4.79 Å². The topological polar surface area (TPSA) is 49.3 Å². The van der Waals surface area contributed by atoms with Crippen LogP contribution in [0.2, 0.25) is 0 Å². The largest absolute Gasteiger partial charge is 0.396 e. The minimum atomic E-state index is -0.187. The summed E-state index contributed by atoms with van der Waals surface area (Å²) in [4.78, 5) is 11.0. The van der Waals surface area contributed by atoms with Crippen LogP contribution in [0.15, 0.2) is 12.7 Å². The third-order valence-electron chi connectivity index (χ3n) is 1.97. The third-order valence-corrected chi connectivity index (χ3v) is 1.97. The van der Waals surface area contributed by atoms with Gasteiger partial charge in [0.05, 0.1) is 0 Å². The van der Waals surface area contributed by atoms with E-state index in [-0.39, 0.29) is 24.0 Å². The molecule has 3 heteroatoms. The number of hydrogen-bond acceptors (Lipinski definition) is 2. The Morgan fingerprint density at radius 1 is 1.62 bits per heavy atom. The molecule has 0 radical (unpaired) electrons. The molecule has 1 amide bonds.